The summed E-state index contributed by atoms with van der Waals surface area (Å²) in [4.78, 5) is 36.4. The first kappa shape index (κ1) is 26.0. The molecule has 9 nitrogen and oxygen atoms in total. The van der Waals surface area contributed by atoms with Gasteiger partial charge in [0.2, 0.25) is 5.91 Å². The van der Waals surface area contributed by atoms with Crippen molar-refractivity contribution in [3.8, 4) is 11.1 Å². The molecule has 1 aliphatic rings. The van der Waals surface area contributed by atoms with Crippen molar-refractivity contribution in [2.75, 3.05) is 11.9 Å². The highest BCUT2D eigenvalue weighted by atomic mass is 16.5. The summed E-state index contributed by atoms with van der Waals surface area (Å²) in [5, 5.41) is 27.1. The number of amides is 3. The van der Waals surface area contributed by atoms with Gasteiger partial charge in [0.25, 0.3) is 11.8 Å². The number of hydrogen-bond acceptors (Lipinski definition) is 6. The Morgan fingerprint density at radius 1 is 0.919 bits per heavy atom. The van der Waals surface area contributed by atoms with Gasteiger partial charge < -0.3 is 21.1 Å². The van der Waals surface area contributed by atoms with Crippen LogP contribution >= 0.6 is 0 Å². The van der Waals surface area contributed by atoms with Gasteiger partial charge in [-0.05, 0) is 54.3 Å². The number of hydrogen-bond donors (Lipinski definition) is 6. The molecule has 9 heteroatoms. The lowest BCUT2D eigenvalue weighted by molar-refractivity contribution is -0.133. The second-order valence-electron chi connectivity index (χ2n) is 9.11. The third-order valence-corrected chi connectivity index (χ3v) is 6.35. The summed E-state index contributed by atoms with van der Waals surface area (Å²) >= 11 is 0. The minimum atomic E-state index is -1.29. The molecule has 4 rings (SSSR count). The predicted molar refractivity (Wildman–Crippen MR) is 139 cm³/mol. The number of nitrogens with one attached hydrogen (secondary N) is 4. The van der Waals surface area contributed by atoms with Gasteiger partial charge in [0, 0.05) is 23.2 Å². The number of carbonyl (C=O) groups is 3. The molecule has 0 aliphatic heterocycles. The van der Waals surface area contributed by atoms with Crippen molar-refractivity contribution in [2.45, 2.75) is 37.5 Å². The van der Waals surface area contributed by atoms with Gasteiger partial charge in [-0.1, -0.05) is 54.6 Å². The smallest absolute Gasteiger partial charge is 0.268 e. The van der Waals surface area contributed by atoms with Crippen LogP contribution in [0.1, 0.15) is 35.2 Å². The van der Waals surface area contributed by atoms with E-state index >= 15 is 0 Å². The molecule has 1 aliphatic carbocycles. The predicted octanol–water partition coefficient (Wildman–Crippen LogP) is 2.42. The van der Waals surface area contributed by atoms with Crippen LogP contribution in [0.2, 0.25) is 0 Å². The topological polar surface area (TPSA) is 140 Å². The van der Waals surface area contributed by atoms with Crippen LogP contribution in [-0.2, 0) is 9.59 Å². The Kier molecular flexibility index (Phi) is 8.29. The first-order chi connectivity index (χ1) is 17.9. The number of rotatable bonds is 10. The zero-order valence-electron chi connectivity index (χ0n) is 20.3. The summed E-state index contributed by atoms with van der Waals surface area (Å²) in [6.45, 7) is 1.58. The molecule has 0 heterocycles. The molecule has 0 bridgehead atoms. The quantitative estimate of drug-likeness (QED) is 0.186. The van der Waals surface area contributed by atoms with Gasteiger partial charge in [0.1, 0.15) is 6.04 Å². The maximum Gasteiger partial charge on any atom is 0.268 e. The normalized spacial score (nSPS) is 17.8. The molecular weight excluding hydrogens is 472 g/mol. The molecular formula is C28H30N4O5. The molecule has 0 unspecified atom stereocenters. The molecule has 0 spiro atoms. The summed E-state index contributed by atoms with van der Waals surface area (Å²) in [5.41, 5.74) is 5.46. The average molecular weight is 503 g/mol. The minimum Gasteiger partial charge on any atom is -0.391 e. The van der Waals surface area contributed by atoms with Crippen molar-refractivity contribution in [1.82, 2.24) is 16.1 Å². The maximum absolute atomic E-state index is 12.4. The van der Waals surface area contributed by atoms with Gasteiger partial charge in [0.15, 0.2) is 0 Å². The van der Waals surface area contributed by atoms with Crippen LogP contribution < -0.4 is 21.4 Å². The van der Waals surface area contributed by atoms with E-state index in [-0.39, 0.29) is 12.5 Å². The highest BCUT2D eigenvalue weighted by Crippen LogP contribution is 2.40. The Labute approximate surface area is 214 Å². The molecule has 3 amide bonds. The zero-order valence-corrected chi connectivity index (χ0v) is 20.3. The fraction of sp³-hybridized carbons (Fsp3) is 0.250. The van der Waals surface area contributed by atoms with Crippen LogP contribution in [-0.4, -0.2) is 52.8 Å². The number of anilines is 1. The number of aliphatic hydroxyl groups excluding tert-OH is 1. The summed E-state index contributed by atoms with van der Waals surface area (Å²) in [6, 6.07) is 23.4. The van der Waals surface area contributed by atoms with Crippen LogP contribution in [0.4, 0.5) is 5.69 Å². The lowest BCUT2D eigenvalue weighted by Gasteiger charge is -2.19. The fourth-order valence-electron chi connectivity index (χ4n) is 4.18. The van der Waals surface area contributed by atoms with Gasteiger partial charge in [-0.2, -0.15) is 0 Å². The Bertz CT molecular complexity index is 1230. The molecule has 0 saturated heterocycles. The first-order valence-corrected chi connectivity index (χ1v) is 12.1. The van der Waals surface area contributed by atoms with E-state index in [0.717, 1.165) is 17.5 Å². The standard InChI is InChI=1S/C28H30N4O5/c1-17(33)26(28(36)32-37)31-27(35)21-9-7-18(8-10-21)19-11-13-22(14-12-19)30-25(34)16-29-24-15-23(24)20-5-3-2-4-6-20/h2-14,17,23-24,26,29,33,37H,15-16H2,1H3,(H,30,34)(H,31,35)(H,32,36)/t17-,23-,24+,26+/m1/s1. The molecule has 0 aromatic heterocycles. The highest BCUT2D eigenvalue weighted by molar-refractivity contribution is 5.98. The molecule has 1 fully saturated rings. The largest absolute Gasteiger partial charge is 0.391 e. The number of hydroxylamine groups is 1. The lowest BCUT2D eigenvalue weighted by atomic mass is 10.0. The Balaban J connectivity index is 1.27. The monoisotopic (exact) mass is 502 g/mol. The summed E-state index contributed by atoms with van der Waals surface area (Å²) in [5.74, 6) is -1.11. The average Bonchev–Trinajstić information content (AvgIpc) is 3.71. The number of benzene rings is 3. The Hall–Kier alpha value is -4.05. The zero-order chi connectivity index (χ0) is 26.4. The van der Waals surface area contributed by atoms with Gasteiger partial charge in [0.05, 0.1) is 12.6 Å². The minimum absolute atomic E-state index is 0.104. The van der Waals surface area contributed by atoms with E-state index in [9.17, 15) is 19.5 Å². The van der Waals surface area contributed by atoms with Crippen molar-refractivity contribution in [3.63, 3.8) is 0 Å². The number of aliphatic hydroxyl groups is 1. The molecule has 4 atom stereocenters. The van der Waals surface area contributed by atoms with Crippen molar-refractivity contribution in [2.24, 2.45) is 0 Å². The van der Waals surface area contributed by atoms with Gasteiger partial charge in [-0.3, -0.25) is 19.6 Å². The summed E-state index contributed by atoms with van der Waals surface area (Å²) in [7, 11) is 0. The second kappa shape index (κ2) is 11.8. The molecule has 37 heavy (non-hydrogen) atoms. The molecule has 6 N–H and O–H groups in total. The second-order valence-corrected chi connectivity index (χ2v) is 9.11. The number of carbonyl (C=O) groups excluding carboxylic acids is 3. The van der Waals surface area contributed by atoms with E-state index < -0.39 is 24.0 Å². The summed E-state index contributed by atoms with van der Waals surface area (Å²) < 4.78 is 0. The molecule has 1 saturated carbocycles. The fourth-order valence-corrected chi connectivity index (χ4v) is 4.18. The Morgan fingerprint density at radius 2 is 1.54 bits per heavy atom. The molecule has 3 aromatic carbocycles. The Morgan fingerprint density at radius 3 is 2.14 bits per heavy atom. The van der Waals surface area contributed by atoms with E-state index in [1.165, 1.54) is 18.0 Å². The molecule has 3 aromatic rings. The van der Waals surface area contributed by atoms with E-state index in [2.05, 4.69) is 28.1 Å². The van der Waals surface area contributed by atoms with Crippen LogP contribution in [0, 0.1) is 0 Å². The van der Waals surface area contributed by atoms with Crippen molar-refractivity contribution < 1.29 is 24.7 Å². The highest BCUT2D eigenvalue weighted by Gasteiger charge is 2.37. The third-order valence-electron chi connectivity index (χ3n) is 6.35. The molecule has 0 radical (unpaired) electrons. The van der Waals surface area contributed by atoms with Gasteiger partial charge in [-0.15, -0.1) is 0 Å². The summed E-state index contributed by atoms with van der Waals surface area (Å²) in [6.07, 6.45) is -0.156. The van der Waals surface area contributed by atoms with Crippen molar-refractivity contribution >= 4 is 23.4 Å². The van der Waals surface area contributed by atoms with Crippen LogP contribution in [0.3, 0.4) is 0 Å². The van der Waals surface area contributed by atoms with Crippen molar-refractivity contribution in [3.05, 3.63) is 90.0 Å². The third kappa shape index (κ3) is 6.79. The molecule has 192 valence electrons. The van der Waals surface area contributed by atoms with E-state index in [1.807, 2.05) is 42.5 Å². The van der Waals surface area contributed by atoms with E-state index in [0.29, 0.717) is 23.2 Å². The van der Waals surface area contributed by atoms with Crippen molar-refractivity contribution in [1.29, 1.82) is 0 Å². The van der Waals surface area contributed by atoms with Gasteiger partial charge >= 0.3 is 0 Å². The van der Waals surface area contributed by atoms with Crippen LogP contribution in [0.5, 0.6) is 0 Å². The van der Waals surface area contributed by atoms with Crippen LogP contribution in [0.25, 0.3) is 11.1 Å². The SMILES string of the molecule is C[C@@H](O)[C@H](NC(=O)c1ccc(-c2ccc(NC(=O)CN[C@H]3C[C@@H]3c3ccccc3)cc2)cc1)C(=O)NO. The van der Waals surface area contributed by atoms with E-state index in [1.54, 1.807) is 24.3 Å². The van der Waals surface area contributed by atoms with Crippen LogP contribution in [0.15, 0.2) is 78.9 Å². The van der Waals surface area contributed by atoms with E-state index in [4.69, 9.17) is 5.21 Å². The first-order valence-electron chi connectivity index (χ1n) is 12.1. The lowest BCUT2D eigenvalue weighted by Crippen LogP contribution is -2.51. The maximum atomic E-state index is 12.4. The van der Waals surface area contributed by atoms with Gasteiger partial charge in [-0.25, -0.2) is 5.48 Å².